The van der Waals surface area contributed by atoms with Crippen LogP contribution in [0.5, 0.6) is 0 Å². The highest BCUT2D eigenvalue weighted by atomic mass is 32.1. The minimum atomic E-state index is 0.159. The molecule has 1 atom stereocenters. The molecule has 0 aromatic carbocycles. The van der Waals surface area contributed by atoms with Crippen molar-refractivity contribution in [2.45, 2.75) is 50.9 Å². The van der Waals surface area contributed by atoms with Crippen LogP contribution >= 0.6 is 12.6 Å². The maximum Gasteiger partial charge on any atom is 0.0997 e. The van der Waals surface area contributed by atoms with Crippen LogP contribution in [0.3, 0.4) is 0 Å². The Bertz CT molecular complexity index is 110. The van der Waals surface area contributed by atoms with E-state index in [4.69, 9.17) is 4.74 Å². The van der Waals surface area contributed by atoms with Gasteiger partial charge in [0.15, 0.2) is 0 Å². The number of thiol groups is 1. The Morgan fingerprint density at radius 3 is 2.58 bits per heavy atom. The maximum atomic E-state index is 5.59. The number of rotatable bonds is 4. The predicted octanol–water partition coefficient (Wildman–Crippen LogP) is 3.25. The molecule has 0 bridgehead atoms. The zero-order chi connectivity index (χ0) is 8.81. The Morgan fingerprint density at radius 2 is 2.00 bits per heavy atom. The summed E-state index contributed by atoms with van der Waals surface area (Å²) in [6.45, 7) is 3.04. The number of hydrogen-bond acceptors (Lipinski definition) is 2. The van der Waals surface area contributed by atoms with Gasteiger partial charge in [-0.15, -0.1) is 12.6 Å². The summed E-state index contributed by atoms with van der Waals surface area (Å²) in [6, 6.07) is 0. The minimum Gasteiger partial charge on any atom is -0.368 e. The standard InChI is InChI=1S/C10H20OS/c1-2-10(12)11-8-9-6-4-3-5-7-9/h9-10,12H,2-8H2,1H3. The van der Waals surface area contributed by atoms with Crippen molar-refractivity contribution < 1.29 is 4.74 Å². The summed E-state index contributed by atoms with van der Waals surface area (Å²) in [5.74, 6) is 0.819. The van der Waals surface area contributed by atoms with Gasteiger partial charge in [0.1, 0.15) is 0 Å². The Balaban J connectivity index is 2.05. The lowest BCUT2D eigenvalue weighted by Crippen LogP contribution is -2.16. The van der Waals surface area contributed by atoms with Crippen molar-refractivity contribution >= 4 is 12.6 Å². The first-order valence-corrected chi connectivity index (χ1v) is 5.64. The van der Waals surface area contributed by atoms with Crippen molar-refractivity contribution in [2.24, 2.45) is 5.92 Å². The maximum absolute atomic E-state index is 5.59. The van der Waals surface area contributed by atoms with Crippen LogP contribution in [0.1, 0.15) is 45.4 Å². The molecule has 0 saturated heterocycles. The minimum absolute atomic E-state index is 0.159. The summed E-state index contributed by atoms with van der Waals surface area (Å²) < 4.78 is 5.59. The van der Waals surface area contributed by atoms with Gasteiger partial charge in [0.05, 0.1) is 12.0 Å². The van der Waals surface area contributed by atoms with Crippen molar-refractivity contribution in [3.8, 4) is 0 Å². The van der Waals surface area contributed by atoms with E-state index in [1.54, 1.807) is 0 Å². The van der Waals surface area contributed by atoms with Gasteiger partial charge < -0.3 is 4.74 Å². The van der Waals surface area contributed by atoms with E-state index < -0.39 is 0 Å². The van der Waals surface area contributed by atoms with Gasteiger partial charge in [-0.25, -0.2) is 0 Å². The lowest BCUT2D eigenvalue weighted by molar-refractivity contribution is 0.0676. The van der Waals surface area contributed by atoms with Crippen molar-refractivity contribution in [2.75, 3.05) is 6.61 Å². The fourth-order valence-corrected chi connectivity index (χ4v) is 1.80. The molecule has 0 spiro atoms. The van der Waals surface area contributed by atoms with Crippen LogP contribution in [-0.2, 0) is 4.74 Å². The fraction of sp³-hybridized carbons (Fsp3) is 1.00. The van der Waals surface area contributed by atoms with Crippen LogP contribution in [-0.4, -0.2) is 12.0 Å². The van der Waals surface area contributed by atoms with Crippen LogP contribution in [0.4, 0.5) is 0 Å². The lowest BCUT2D eigenvalue weighted by atomic mass is 9.90. The van der Waals surface area contributed by atoms with E-state index in [1.165, 1.54) is 32.1 Å². The van der Waals surface area contributed by atoms with E-state index in [2.05, 4.69) is 19.6 Å². The number of ether oxygens (including phenoxy) is 1. The average molecular weight is 188 g/mol. The van der Waals surface area contributed by atoms with Crippen LogP contribution in [0.15, 0.2) is 0 Å². The summed E-state index contributed by atoms with van der Waals surface area (Å²) in [5.41, 5.74) is 0.159. The van der Waals surface area contributed by atoms with Gasteiger partial charge >= 0.3 is 0 Å². The van der Waals surface area contributed by atoms with Gasteiger partial charge in [-0.1, -0.05) is 26.2 Å². The molecular weight excluding hydrogens is 168 g/mol. The fourth-order valence-electron chi connectivity index (χ4n) is 1.72. The highest BCUT2D eigenvalue weighted by Gasteiger charge is 2.14. The molecule has 0 aliphatic heterocycles. The van der Waals surface area contributed by atoms with E-state index >= 15 is 0 Å². The highest BCUT2D eigenvalue weighted by molar-refractivity contribution is 7.80. The van der Waals surface area contributed by atoms with Crippen molar-refractivity contribution in [1.29, 1.82) is 0 Å². The molecule has 1 fully saturated rings. The molecule has 0 amide bonds. The van der Waals surface area contributed by atoms with E-state index in [0.29, 0.717) is 0 Å². The topological polar surface area (TPSA) is 9.23 Å². The molecule has 1 saturated carbocycles. The molecule has 0 aromatic heterocycles. The molecular formula is C10H20OS. The summed E-state index contributed by atoms with van der Waals surface area (Å²) in [5, 5.41) is 0. The Kier molecular flexibility index (Phi) is 5.08. The SMILES string of the molecule is CCC(S)OCC1CCCCC1. The first-order chi connectivity index (χ1) is 5.83. The second kappa shape index (κ2) is 5.87. The van der Waals surface area contributed by atoms with E-state index in [9.17, 15) is 0 Å². The van der Waals surface area contributed by atoms with E-state index in [1.807, 2.05) is 0 Å². The summed E-state index contributed by atoms with van der Waals surface area (Å²) in [6.07, 6.45) is 7.97. The molecule has 1 unspecified atom stereocenters. The van der Waals surface area contributed by atoms with Crippen LogP contribution in [0, 0.1) is 5.92 Å². The van der Waals surface area contributed by atoms with Gasteiger partial charge in [-0.3, -0.25) is 0 Å². The third kappa shape index (κ3) is 3.81. The first kappa shape index (κ1) is 10.4. The third-order valence-electron chi connectivity index (χ3n) is 2.60. The quantitative estimate of drug-likeness (QED) is 0.526. The van der Waals surface area contributed by atoms with Crippen LogP contribution in [0.25, 0.3) is 0 Å². The smallest absolute Gasteiger partial charge is 0.0997 e. The summed E-state index contributed by atoms with van der Waals surface area (Å²) >= 11 is 4.31. The Hall–Kier alpha value is 0.310. The van der Waals surface area contributed by atoms with Crippen LogP contribution in [0.2, 0.25) is 0 Å². The average Bonchev–Trinajstić information content (AvgIpc) is 2.16. The molecule has 1 aliphatic rings. The molecule has 72 valence electrons. The molecule has 0 N–H and O–H groups in total. The third-order valence-corrected chi connectivity index (χ3v) is 3.11. The predicted molar refractivity (Wildman–Crippen MR) is 55.6 cm³/mol. The van der Waals surface area contributed by atoms with Crippen molar-refractivity contribution in [1.82, 2.24) is 0 Å². The molecule has 2 heteroatoms. The largest absolute Gasteiger partial charge is 0.368 e. The van der Waals surface area contributed by atoms with Gasteiger partial charge in [0, 0.05) is 0 Å². The van der Waals surface area contributed by atoms with Gasteiger partial charge in [0.25, 0.3) is 0 Å². The van der Waals surface area contributed by atoms with Crippen LogP contribution < -0.4 is 0 Å². The zero-order valence-electron chi connectivity index (χ0n) is 7.96. The lowest BCUT2D eigenvalue weighted by Gasteiger charge is -2.22. The van der Waals surface area contributed by atoms with Crippen molar-refractivity contribution in [3.63, 3.8) is 0 Å². The summed E-state index contributed by atoms with van der Waals surface area (Å²) in [7, 11) is 0. The van der Waals surface area contributed by atoms with Gasteiger partial charge in [0.2, 0.25) is 0 Å². The molecule has 1 aliphatic carbocycles. The Morgan fingerprint density at radius 1 is 1.33 bits per heavy atom. The first-order valence-electron chi connectivity index (χ1n) is 5.12. The number of hydrogen-bond donors (Lipinski definition) is 1. The molecule has 0 heterocycles. The van der Waals surface area contributed by atoms with E-state index in [0.717, 1.165) is 18.9 Å². The van der Waals surface area contributed by atoms with Crippen molar-refractivity contribution in [3.05, 3.63) is 0 Å². The second-order valence-corrected chi connectivity index (χ2v) is 4.28. The van der Waals surface area contributed by atoms with E-state index in [-0.39, 0.29) is 5.44 Å². The zero-order valence-corrected chi connectivity index (χ0v) is 8.85. The normalized spacial score (nSPS) is 22.5. The Labute approximate surface area is 81.3 Å². The van der Waals surface area contributed by atoms with Gasteiger partial charge in [-0.2, -0.15) is 0 Å². The molecule has 12 heavy (non-hydrogen) atoms. The molecule has 1 rings (SSSR count). The highest BCUT2D eigenvalue weighted by Crippen LogP contribution is 2.24. The molecule has 0 aromatic rings. The second-order valence-electron chi connectivity index (χ2n) is 3.70. The van der Waals surface area contributed by atoms with Gasteiger partial charge in [-0.05, 0) is 25.2 Å². The molecule has 0 radical (unpaired) electrons. The summed E-state index contributed by atoms with van der Waals surface area (Å²) in [4.78, 5) is 0. The molecule has 1 nitrogen and oxygen atoms in total. The monoisotopic (exact) mass is 188 g/mol.